The van der Waals surface area contributed by atoms with Crippen molar-refractivity contribution in [3.05, 3.63) is 78.1 Å². The van der Waals surface area contributed by atoms with Gasteiger partial charge in [-0.2, -0.15) is 0 Å². The molecule has 0 aliphatic heterocycles. The van der Waals surface area contributed by atoms with E-state index in [0.717, 1.165) is 11.1 Å². The summed E-state index contributed by atoms with van der Waals surface area (Å²) >= 11 is 0. The van der Waals surface area contributed by atoms with Crippen LogP contribution in [0.15, 0.2) is 67.0 Å². The maximum Gasteiger partial charge on any atom is 0.251 e. The largest absolute Gasteiger partial charge is 0.343 e. The number of aromatic nitrogens is 2. The standard InChI is InChI=1S/C23H24N4O2/c1-23(2,3)18-11-9-17(10-12-18)22(29)26-15-20(28)27-19-13-24-21(25-14-19)16-7-5-4-6-8-16/h4-14H,15H2,1-3H3,(H,26,29)(H,27,28). The predicted octanol–water partition coefficient (Wildman–Crippen LogP) is 3.81. The lowest BCUT2D eigenvalue weighted by Crippen LogP contribution is -2.32. The molecular formula is C23H24N4O2. The van der Waals surface area contributed by atoms with Crippen molar-refractivity contribution < 1.29 is 9.59 Å². The third kappa shape index (κ3) is 5.48. The van der Waals surface area contributed by atoms with Crippen molar-refractivity contribution in [2.75, 3.05) is 11.9 Å². The summed E-state index contributed by atoms with van der Waals surface area (Å²) in [6.07, 6.45) is 3.08. The lowest BCUT2D eigenvalue weighted by atomic mass is 9.87. The highest BCUT2D eigenvalue weighted by Gasteiger charge is 2.14. The van der Waals surface area contributed by atoms with Crippen molar-refractivity contribution in [2.24, 2.45) is 0 Å². The number of anilines is 1. The Balaban J connectivity index is 1.52. The third-order valence-electron chi connectivity index (χ3n) is 4.39. The number of benzene rings is 2. The summed E-state index contributed by atoms with van der Waals surface area (Å²) in [6.45, 7) is 6.20. The van der Waals surface area contributed by atoms with Crippen LogP contribution in [0, 0.1) is 0 Å². The number of amides is 2. The summed E-state index contributed by atoms with van der Waals surface area (Å²) in [4.78, 5) is 32.9. The van der Waals surface area contributed by atoms with E-state index in [1.54, 1.807) is 24.5 Å². The Kier molecular flexibility index (Phi) is 6.02. The molecule has 148 valence electrons. The highest BCUT2D eigenvalue weighted by Crippen LogP contribution is 2.22. The van der Waals surface area contributed by atoms with Gasteiger partial charge in [0, 0.05) is 11.1 Å². The molecule has 2 amide bonds. The zero-order chi connectivity index (χ0) is 20.9. The van der Waals surface area contributed by atoms with E-state index in [2.05, 4.69) is 41.4 Å². The van der Waals surface area contributed by atoms with Gasteiger partial charge in [-0.25, -0.2) is 9.97 Å². The van der Waals surface area contributed by atoms with E-state index in [1.165, 1.54) is 0 Å². The van der Waals surface area contributed by atoms with E-state index >= 15 is 0 Å². The van der Waals surface area contributed by atoms with Crippen LogP contribution in [-0.4, -0.2) is 28.3 Å². The molecule has 0 spiro atoms. The molecule has 0 radical (unpaired) electrons. The smallest absolute Gasteiger partial charge is 0.251 e. The number of rotatable bonds is 5. The minimum absolute atomic E-state index is 0.0209. The highest BCUT2D eigenvalue weighted by molar-refractivity contribution is 5.99. The normalized spacial score (nSPS) is 11.0. The van der Waals surface area contributed by atoms with Crippen LogP contribution in [-0.2, 0) is 10.2 Å². The summed E-state index contributed by atoms with van der Waals surface area (Å²) in [7, 11) is 0. The lowest BCUT2D eigenvalue weighted by molar-refractivity contribution is -0.115. The third-order valence-corrected chi connectivity index (χ3v) is 4.39. The topological polar surface area (TPSA) is 84.0 Å². The Morgan fingerprint density at radius 3 is 2.10 bits per heavy atom. The fourth-order valence-electron chi connectivity index (χ4n) is 2.72. The quantitative estimate of drug-likeness (QED) is 0.696. The Hall–Kier alpha value is -3.54. The highest BCUT2D eigenvalue weighted by atomic mass is 16.2. The van der Waals surface area contributed by atoms with Gasteiger partial charge in [-0.3, -0.25) is 9.59 Å². The average molecular weight is 388 g/mol. The first kappa shape index (κ1) is 20.2. The van der Waals surface area contributed by atoms with Crippen LogP contribution in [0.2, 0.25) is 0 Å². The maximum atomic E-state index is 12.2. The zero-order valence-electron chi connectivity index (χ0n) is 16.8. The molecule has 3 rings (SSSR count). The van der Waals surface area contributed by atoms with Gasteiger partial charge in [-0.15, -0.1) is 0 Å². The first-order chi connectivity index (χ1) is 13.8. The molecule has 0 unspecified atom stereocenters. The number of hydrogen-bond acceptors (Lipinski definition) is 4. The zero-order valence-corrected chi connectivity index (χ0v) is 16.8. The van der Waals surface area contributed by atoms with Crippen molar-refractivity contribution >= 4 is 17.5 Å². The monoisotopic (exact) mass is 388 g/mol. The summed E-state index contributed by atoms with van der Waals surface area (Å²) in [5.74, 6) is -0.0624. The molecule has 0 saturated carbocycles. The van der Waals surface area contributed by atoms with Crippen LogP contribution in [0.5, 0.6) is 0 Å². The number of nitrogens with zero attached hydrogens (tertiary/aromatic N) is 2. The van der Waals surface area contributed by atoms with E-state index in [0.29, 0.717) is 17.1 Å². The second-order valence-corrected chi connectivity index (χ2v) is 7.72. The van der Waals surface area contributed by atoms with Gasteiger partial charge < -0.3 is 10.6 Å². The maximum absolute atomic E-state index is 12.2. The Morgan fingerprint density at radius 2 is 1.52 bits per heavy atom. The summed E-state index contributed by atoms with van der Waals surface area (Å²) in [5, 5.41) is 5.30. The van der Waals surface area contributed by atoms with Gasteiger partial charge in [-0.05, 0) is 23.1 Å². The predicted molar refractivity (Wildman–Crippen MR) is 114 cm³/mol. The molecule has 0 fully saturated rings. The van der Waals surface area contributed by atoms with Crippen LogP contribution in [0.1, 0.15) is 36.7 Å². The van der Waals surface area contributed by atoms with Crippen LogP contribution < -0.4 is 10.6 Å². The van der Waals surface area contributed by atoms with E-state index in [1.807, 2.05) is 42.5 Å². The molecule has 6 nitrogen and oxygen atoms in total. The van der Waals surface area contributed by atoms with E-state index < -0.39 is 0 Å². The number of carbonyl (C=O) groups excluding carboxylic acids is 2. The number of carbonyl (C=O) groups is 2. The Bertz CT molecular complexity index is 976. The van der Waals surface area contributed by atoms with E-state index in [4.69, 9.17) is 0 Å². The Morgan fingerprint density at radius 1 is 0.897 bits per heavy atom. The number of hydrogen-bond donors (Lipinski definition) is 2. The molecule has 29 heavy (non-hydrogen) atoms. The lowest BCUT2D eigenvalue weighted by Gasteiger charge is -2.19. The SMILES string of the molecule is CC(C)(C)c1ccc(C(=O)NCC(=O)Nc2cnc(-c3ccccc3)nc2)cc1. The summed E-state index contributed by atoms with van der Waals surface area (Å²) in [5.41, 5.74) is 3.05. The van der Waals surface area contributed by atoms with Gasteiger partial charge in [0.25, 0.3) is 5.91 Å². The van der Waals surface area contributed by atoms with Crippen LogP contribution in [0.4, 0.5) is 5.69 Å². The van der Waals surface area contributed by atoms with Crippen molar-refractivity contribution in [3.63, 3.8) is 0 Å². The van der Waals surface area contributed by atoms with Gasteiger partial charge in [0.2, 0.25) is 5.91 Å². The van der Waals surface area contributed by atoms with E-state index in [9.17, 15) is 9.59 Å². The van der Waals surface area contributed by atoms with Crippen molar-refractivity contribution in [1.82, 2.24) is 15.3 Å². The van der Waals surface area contributed by atoms with Crippen molar-refractivity contribution in [3.8, 4) is 11.4 Å². The molecule has 0 atom stereocenters. The van der Waals surface area contributed by atoms with Gasteiger partial charge in [-0.1, -0.05) is 63.2 Å². The molecule has 0 aliphatic carbocycles. The molecule has 1 heterocycles. The first-order valence-corrected chi connectivity index (χ1v) is 9.39. The summed E-state index contributed by atoms with van der Waals surface area (Å²) in [6, 6.07) is 17.0. The van der Waals surface area contributed by atoms with Crippen molar-refractivity contribution in [2.45, 2.75) is 26.2 Å². The molecular weight excluding hydrogens is 364 g/mol. The fourth-order valence-corrected chi connectivity index (χ4v) is 2.72. The average Bonchev–Trinajstić information content (AvgIpc) is 2.73. The molecule has 0 aliphatic rings. The molecule has 1 aromatic heterocycles. The first-order valence-electron chi connectivity index (χ1n) is 9.39. The van der Waals surface area contributed by atoms with Crippen molar-refractivity contribution in [1.29, 1.82) is 0 Å². The second-order valence-electron chi connectivity index (χ2n) is 7.72. The van der Waals surface area contributed by atoms with Gasteiger partial charge in [0.15, 0.2) is 5.82 Å². The van der Waals surface area contributed by atoms with Crippen LogP contribution >= 0.6 is 0 Å². The van der Waals surface area contributed by atoms with Gasteiger partial charge in [0.1, 0.15) is 0 Å². The summed E-state index contributed by atoms with van der Waals surface area (Å²) < 4.78 is 0. The van der Waals surface area contributed by atoms with Gasteiger partial charge in [0.05, 0.1) is 24.6 Å². The fraction of sp³-hybridized carbons (Fsp3) is 0.217. The molecule has 2 N–H and O–H groups in total. The minimum Gasteiger partial charge on any atom is -0.343 e. The molecule has 3 aromatic rings. The molecule has 2 aromatic carbocycles. The number of nitrogens with one attached hydrogen (secondary N) is 2. The molecule has 0 saturated heterocycles. The minimum atomic E-state index is -0.347. The molecule has 6 heteroatoms. The van der Waals surface area contributed by atoms with E-state index in [-0.39, 0.29) is 23.8 Å². The molecule has 0 bridgehead atoms. The van der Waals surface area contributed by atoms with Gasteiger partial charge >= 0.3 is 0 Å². The van der Waals surface area contributed by atoms with Crippen LogP contribution in [0.25, 0.3) is 11.4 Å². The second kappa shape index (κ2) is 8.65. The van der Waals surface area contributed by atoms with Crippen LogP contribution in [0.3, 0.4) is 0 Å². The Labute approximate surface area is 170 Å².